The van der Waals surface area contributed by atoms with E-state index in [1.54, 1.807) is 29.3 Å². The molecule has 0 unspecified atom stereocenters. The Labute approximate surface area is 143 Å². The molecule has 0 aromatic heterocycles. The first-order chi connectivity index (χ1) is 11.6. The number of benzene rings is 2. The maximum absolute atomic E-state index is 12.8. The summed E-state index contributed by atoms with van der Waals surface area (Å²) in [5, 5.41) is 10.1. The van der Waals surface area contributed by atoms with Gasteiger partial charge in [0.1, 0.15) is 0 Å². The van der Waals surface area contributed by atoms with E-state index in [-0.39, 0.29) is 11.8 Å². The van der Waals surface area contributed by atoms with Crippen LogP contribution in [0.2, 0.25) is 5.02 Å². The van der Waals surface area contributed by atoms with Gasteiger partial charge in [-0.25, -0.2) is 4.90 Å². The molecule has 7 heteroatoms. The summed E-state index contributed by atoms with van der Waals surface area (Å²) in [5.74, 6) is -0.695. The summed E-state index contributed by atoms with van der Waals surface area (Å²) in [6.07, 6.45) is 0. The molecule has 2 aliphatic heterocycles. The van der Waals surface area contributed by atoms with Crippen molar-refractivity contribution in [2.45, 2.75) is 18.6 Å². The van der Waals surface area contributed by atoms with Crippen LogP contribution in [0.15, 0.2) is 64.9 Å². The monoisotopic (exact) mass is 340 g/mol. The fourth-order valence-electron chi connectivity index (χ4n) is 2.99. The average molecular weight is 341 g/mol. The van der Waals surface area contributed by atoms with Gasteiger partial charge in [0.2, 0.25) is 0 Å². The van der Waals surface area contributed by atoms with Crippen LogP contribution in [0.1, 0.15) is 5.56 Å². The molecule has 24 heavy (non-hydrogen) atoms. The lowest BCUT2D eigenvalue weighted by Crippen LogP contribution is -2.39. The molecule has 2 atom stereocenters. The van der Waals surface area contributed by atoms with E-state index in [1.165, 1.54) is 0 Å². The minimum atomic E-state index is -0.791. The SMILES string of the molecule is O=C1[C@@H]2[C@@H](N=NN2Cc2ccccc2)C(=O)N1c1cccc(Cl)c1. The number of halogens is 1. The Morgan fingerprint density at radius 1 is 1.00 bits per heavy atom. The van der Waals surface area contributed by atoms with Gasteiger partial charge in [0.15, 0.2) is 12.1 Å². The predicted octanol–water partition coefficient (Wildman–Crippen LogP) is 2.83. The summed E-state index contributed by atoms with van der Waals surface area (Å²) in [4.78, 5) is 26.5. The van der Waals surface area contributed by atoms with Crippen molar-refractivity contribution in [1.82, 2.24) is 5.01 Å². The Balaban J connectivity index is 1.62. The van der Waals surface area contributed by atoms with Crippen molar-refractivity contribution in [3.8, 4) is 0 Å². The Hall–Kier alpha value is -2.73. The molecule has 0 aliphatic carbocycles. The van der Waals surface area contributed by atoms with Gasteiger partial charge in [0.05, 0.1) is 12.2 Å². The quantitative estimate of drug-likeness (QED) is 0.807. The van der Waals surface area contributed by atoms with Crippen molar-refractivity contribution in [2.24, 2.45) is 10.3 Å². The number of anilines is 1. The normalized spacial score (nSPS) is 22.4. The number of hydrogen-bond acceptors (Lipinski definition) is 5. The van der Waals surface area contributed by atoms with Crippen molar-refractivity contribution in [2.75, 3.05) is 4.90 Å². The molecule has 6 nitrogen and oxygen atoms in total. The molecule has 2 aromatic rings. The molecule has 2 heterocycles. The third kappa shape index (κ3) is 2.35. The number of hydrogen-bond donors (Lipinski definition) is 0. The molecule has 0 spiro atoms. The van der Waals surface area contributed by atoms with E-state index in [4.69, 9.17) is 11.6 Å². The van der Waals surface area contributed by atoms with Crippen molar-refractivity contribution in [3.63, 3.8) is 0 Å². The highest BCUT2D eigenvalue weighted by Crippen LogP contribution is 2.33. The number of carbonyl (C=O) groups excluding carboxylic acids is 2. The average Bonchev–Trinajstić information content (AvgIpc) is 3.09. The van der Waals surface area contributed by atoms with Gasteiger partial charge < -0.3 is 0 Å². The number of rotatable bonds is 3. The Morgan fingerprint density at radius 2 is 1.79 bits per heavy atom. The largest absolute Gasteiger partial charge is 0.271 e. The zero-order chi connectivity index (χ0) is 16.7. The first kappa shape index (κ1) is 14.8. The smallest absolute Gasteiger partial charge is 0.263 e. The van der Waals surface area contributed by atoms with Crippen LogP contribution in [-0.2, 0) is 16.1 Å². The number of fused-ring (bicyclic) bond motifs is 1. The molecule has 0 N–H and O–H groups in total. The summed E-state index contributed by atoms with van der Waals surface area (Å²) in [6.45, 7) is 0.425. The van der Waals surface area contributed by atoms with Gasteiger partial charge in [-0.3, -0.25) is 14.6 Å². The predicted molar refractivity (Wildman–Crippen MR) is 88.4 cm³/mol. The molecule has 2 aromatic carbocycles. The van der Waals surface area contributed by atoms with Gasteiger partial charge >= 0.3 is 0 Å². The molecule has 1 fully saturated rings. The number of imide groups is 1. The highest BCUT2D eigenvalue weighted by atomic mass is 35.5. The van der Waals surface area contributed by atoms with Crippen LogP contribution in [0.3, 0.4) is 0 Å². The fraction of sp³-hybridized carbons (Fsp3) is 0.176. The summed E-state index contributed by atoms with van der Waals surface area (Å²) < 4.78 is 0. The van der Waals surface area contributed by atoms with Crippen molar-refractivity contribution < 1.29 is 9.59 Å². The minimum absolute atomic E-state index is 0.326. The van der Waals surface area contributed by atoms with Gasteiger partial charge in [-0.05, 0) is 23.8 Å². The van der Waals surface area contributed by atoms with Crippen LogP contribution >= 0.6 is 11.6 Å². The van der Waals surface area contributed by atoms with E-state index in [1.807, 2.05) is 30.3 Å². The molecule has 120 valence electrons. The van der Waals surface area contributed by atoms with Crippen LogP contribution in [0.25, 0.3) is 0 Å². The van der Waals surface area contributed by atoms with Crippen LogP contribution in [-0.4, -0.2) is 28.9 Å². The maximum atomic E-state index is 12.8. The van der Waals surface area contributed by atoms with Crippen LogP contribution in [0.5, 0.6) is 0 Å². The third-order valence-corrected chi connectivity index (χ3v) is 4.35. The van der Waals surface area contributed by atoms with Crippen LogP contribution < -0.4 is 4.90 Å². The first-order valence-electron chi connectivity index (χ1n) is 7.50. The summed E-state index contributed by atoms with van der Waals surface area (Å²) in [6, 6.07) is 14.8. The highest BCUT2D eigenvalue weighted by Gasteiger charge is 2.54. The fourth-order valence-corrected chi connectivity index (χ4v) is 3.18. The van der Waals surface area contributed by atoms with E-state index in [9.17, 15) is 9.59 Å². The molecule has 2 aliphatic rings. The second-order valence-corrected chi connectivity index (χ2v) is 6.11. The number of carbonyl (C=O) groups is 2. The summed E-state index contributed by atoms with van der Waals surface area (Å²) in [7, 11) is 0. The highest BCUT2D eigenvalue weighted by molar-refractivity contribution is 6.31. The van der Waals surface area contributed by atoms with Gasteiger partial charge in [-0.1, -0.05) is 53.2 Å². The molecular formula is C17H13ClN4O2. The summed E-state index contributed by atoms with van der Waals surface area (Å²) in [5.41, 5.74) is 1.46. The van der Waals surface area contributed by atoms with Gasteiger partial charge in [-0.2, -0.15) is 5.11 Å². The zero-order valence-electron chi connectivity index (χ0n) is 12.5. The maximum Gasteiger partial charge on any atom is 0.263 e. The van der Waals surface area contributed by atoms with Crippen molar-refractivity contribution >= 4 is 29.1 Å². The van der Waals surface area contributed by atoms with Crippen LogP contribution in [0, 0.1) is 0 Å². The second-order valence-electron chi connectivity index (χ2n) is 5.67. The van der Waals surface area contributed by atoms with Crippen molar-refractivity contribution in [1.29, 1.82) is 0 Å². The van der Waals surface area contributed by atoms with Gasteiger partial charge in [0, 0.05) is 5.02 Å². The Morgan fingerprint density at radius 3 is 2.54 bits per heavy atom. The Bertz CT molecular complexity index is 839. The molecule has 0 bridgehead atoms. The number of amides is 2. The molecule has 0 radical (unpaired) electrons. The van der Waals surface area contributed by atoms with E-state index >= 15 is 0 Å². The summed E-state index contributed by atoms with van der Waals surface area (Å²) >= 11 is 5.97. The lowest BCUT2D eigenvalue weighted by molar-refractivity contribution is -0.123. The Kier molecular flexibility index (Phi) is 3.54. The van der Waals surface area contributed by atoms with Gasteiger partial charge in [0.25, 0.3) is 11.8 Å². The van der Waals surface area contributed by atoms with E-state index in [0.717, 1.165) is 10.5 Å². The molecule has 2 amide bonds. The molecule has 4 rings (SSSR count). The standard InChI is InChI=1S/C17H13ClN4O2/c18-12-7-4-8-13(9-12)22-16(23)14-15(17(22)24)21(20-19-14)10-11-5-2-1-3-6-11/h1-9,14-15H,10H2/t14-,15+/m1/s1. The second kappa shape index (κ2) is 5.72. The lowest BCUT2D eigenvalue weighted by Gasteiger charge is -2.20. The third-order valence-electron chi connectivity index (χ3n) is 4.11. The van der Waals surface area contributed by atoms with E-state index in [2.05, 4.69) is 10.3 Å². The van der Waals surface area contributed by atoms with Crippen LogP contribution in [0.4, 0.5) is 5.69 Å². The lowest BCUT2D eigenvalue weighted by atomic mass is 10.1. The zero-order valence-corrected chi connectivity index (χ0v) is 13.3. The minimum Gasteiger partial charge on any atom is -0.271 e. The first-order valence-corrected chi connectivity index (χ1v) is 7.87. The van der Waals surface area contributed by atoms with Gasteiger partial charge in [-0.15, -0.1) is 0 Å². The molecule has 1 saturated heterocycles. The molecule has 0 saturated carbocycles. The molecular weight excluding hydrogens is 328 g/mol. The topological polar surface area (TPSA) is 65.3 Å². The van der Waals surface area contributed by atoms with Crippen molar-refractivity contribution in [3.05, 3.63) is 65.2 Å². The number of nitrogens with zero attached hydrogens (tertiary/aromatic N) is 4. The van der Waals surface area contributed by atoms with E-state index in [0.29, 0.717) is 17.3 Å². The van der Waals surface area contributed by atoms with E-state index < -0.39 is 12.1 Å².